The van der Waals surface area contributed by atoms with Gasteiger partial charge in [-0.15, -0.1) is 0 Å². The van der Waals surface area contributed by atoms with Crippen molar-refractivity contribution in [1.82, 2.24) is 9.80 Å². The van der Waals surface area contributed by atoms with E-state index in [1.165, 1.54) is 6.42 Å². The van der Waals surface area contributed by atoms with Crippen LogP contribution in [0.1, 0.15) is 33.1 Å². The van der Waals surface area contributed by atoms with Crippen LogP contribution >= 0.6 is 0 Å². The number of hydrogen-bond donors (Lipinski definition) is 0. The first kappa shape index (κ1) is 13.0. The maximum Gasteiger partial charge on any atom is 0.142 e. The largest absolute Gasteiger partial charge is 0.305 e. The lowest BCUT2D eigenvalue weighted by atomic mass is 9.89. The Bertz CT molecular complexity index is 299. The third-order valence-corrected chi connectivity index (χ3v) is 4.61. The van der Waals surface area contributed by atoms with Crippen molar-refractivity contribution in [3.8, 4) is 0 Å². The van der Waals surface area contributed by atoms with Gasteiger partial charge >= 0.3 is 0 Å². The van der Waals surface area contributed by atoms with Gasteiger partial charge in [-0.1, -0.05) is 13.8 Å². The highest BCUT2D eigenvalue weighted by atomic mass is 16.1. The van der Waals surface area contributed by atoms with E-state index in [0.29, 0.717) is 17.7 Å². The van der Waals surface area contributed by atoms with Gasteiger partial charge < -0.3 is 9.80 Å². The zero-order valence-electron chi connectivity index (χ0n) is 11.7. The minimum absolute atomic E-state index is 0.0641. The van der Waals surface area contributed by atoms with Gasteiger partial charge in [-0.25, -0.2) is 0 Å². The van der Waals surface area contributed by atoms with Crippen LogP contribution in [0.4, 0.5) is 0 Å². The van der Waals surface area contributed by atoms with Crippen LogP contribution in [0.2, 0.25) is 0 Å². The Labute approximate surface area is 105 Å². The normalized spacial score (nSPS) is 33.8. The lowest BCUT2D eigenvalue weighted by molar-refractivity contribution is -0.127. The smallest absolute Gasteiger partial charge is 0.142 e. The quantitative estimate of drug-likeness (QED) is 0.746. The maximum atomic E-state index is 12.2. The van der Waals surface area contributed by atoms with Crippen LogP contribution in [0, 0.1) is 11.3 Å². The molecule has 0 aromatic carbocycles. The number of likely N-dealkylation sites (tertiary alicyclic amines) is 1. The standard InChI is InChI=1S/C14H26N2O/c1-14(2)7-5-11(13(14)17)9-16-8-6-12(10-16)15(3)4/h11-12H,5-10H2,1-4H3. The van der Waals surface area contributed by atoms with Crippen LogP contribution in [-0.2, 0) is 4.79 Å². The number of likely N-dealkylation sites (N-methyl/N-ethyl adjacent to an activating group) is 1. The third kappa shape index (κ3) is 2.71. The molecule has 3 nitrogen and oxygen atoms in total. The topological polar surface area (TPSA) is 23.6 Å². The molecule has 17 heavy (non-hydrogen) atoms. The van der Waals surface area contributed by atoms with Crippen molar-refractivity contribution < 1.29 is 4.79 Å². The van der Waals surface area contributed by atoms with Crippen molar-refractivity contribution in [2.45, 2.75) is 39.2 Å². The highest BCUT2D eigenvalue weighted by molar-refractivity contribution is 5.88. The van der Waals surface area contributed by atoms with E-state index >= 15 is 0 Å². The minimum atomic E-state index is -0.0641. The fraction of sp³-hybridized carbons (Fsp3) is 0.929. The SMILES string of the molecule is CN(C)C1CCN(CC2CCC(C)(C)C2=O)C1. The van der Waals surface area contributed by atoms with E-state index in [4.69, 9.17) is 0 Å². The van der Waals surface area contributed by atoms with Crippen molar-refractivity contribution in [3.63, 3.8) is 0 Å². The fourth-order valence-corrected chi connectivity index (χ4v) is 3.23. The maximum absolute atomic E-state index is 12.2. The molecule has 1 aliphatic heterocycles. The molecule has 2 aliphatic rings. The average Bonchev–Trinajstić information content (AvgIpc) is 2.79. The summed E-state index contributed by atoms with van der Waals surface area (Å²) < 4.78 is 0. The predicted octanol–water partition coefficient (Wildman–Crippen LogP) is 1.63. The first-order valence-corrected chi connectivity index (χ1v) is 6.83. The van der Waals surface area contributed by atoms with Crippen LogP contribution < -0.4 is 0 Å². The summed E-state index contributed by atoms with van der Waals surface area (Å²) in [5.41, 5.74) is -0.0641. The van der Waals surface area contributed by atoms with Crippen molar-refractivity contribution in [2.24, 2.45) is 11.3 Å². The Kier molecular flexibility index (Phi) is 3.60. The second-order valence-electron chi connectivity index (χ2n) is 6.65. The molecule has 0 N–H and O–H groups in total. The Morgan fingerprint density at radius 1 is 1.35 bits per heavy atom. The van der Waals surface area contributed by atoms with Gasteiger partial charge in [0, 0.05) is 30.5 Å². The fourth-order valence-electron chi connectivity index (χ4n) is 3.23. The zero-order valence-corrected chi connectivity index (χ0v) is 11.7. The van der Waals surface area contributed by atoms with Gasteiger partial charge in [-0.2, -0.15) is 0 Å². The summed E-state index contributed by atoms with van der Waals surface area (Å²) in [6.07, 6.45) is 3.41. The second-order valence-corrected chi connectivity index (χ2v) is 6.65. The van der Waals surface area contributed by atoms with E-state index < -0.39 is 0 Å². The summed E-state index contributed by atoms with van der Waals surface area (Å²) in [4.78, 5) is 17.0. The summed E-state index contributed by atoms with van der Waals surface area (Å²) in [6.45, 7) is 7.49. The number of carbonyl (C=O) groups excluding carboxylic acids is 1. The summed E-state index contributed by atoms with van der Waals surface area (Å²) >= 11 is 0. The lowest BCUT2D eigenvalue weighted by Gasteiger charge is -2.23. The molecular formula is C14H26N2O. The first-order valence-electron chi connectivity index (χ1n) is 6.83. The van der Waals surface area contributed by atoms with Gasteiger partial charge in [0.1, 0.15) is 5.78 Å². The van der Waals surface area contributed by atoms with Crippen molar-refractivity contribution in [3.05, 3.63) is 0 Å². The first-order chi connectivity index (χ1) is 7.90. The molecule has 1 saturated heterocycles. The van der Waals surface area contributed by atoms with Gasteiger partial charge in [0.2, 0.25) is 0 Å². The van der Waals surface area contributed by atoms with Gasteiger partial charge in [-0.3, -0.25) is 4.79 Å². The Morgan fingerprint density at radius 2 is 2.06 bits per heavy atom. The summed E-state index contributed by atoms with van der Waals surface area (Å²) in [7, 11) is 4.30. The van der Waals surface area contributed by atoms with Crippen LogP contribution in [0.25, 0.3) is 0 Å². The molecule has 2 unspecified atom stereocenters. The molecular weight excluding hydrogens is 212 g/mol. The van der Waals surface area contributed by atoms with E-state index in [1.807, 2.05) is 0 Å². The van der Waals surface area contributed by atoms with Gasteiger partial charge in [0.25, 0.3) is 0 Å². The predicted molar refractivity (Wildman–Crippen MR) is 70.0 cm³/mol. The molecule has 3 heteroatoms. The van der Waals surface area contributed by atoms with E-state index in [9.17, 15) is 4.79 Å². The van der Waals surface area contributed by atoms with E-state index in [1.54, 1.807) is 0 Å². The molecule has 0 aromatic rings. The molecule has 0 radical (unpaired) electrons. The van der Waals surface area contributed by atoms with Crippen LogP contribution in [0.15, 0.2) is 0 Å². The molecule has 2 fully saturated rings. The molecule has 1 heterocycles. The molecule has 0 spiro atoms. The Morgan fingerprint density at radius 3 is 2.53 bits per heavy atom. The number of carbonyl (C=O) groups is 1. The van der Waals surface area contributed by atoms with Crippen molar-refractivity contribution in [2.75, 3.05) is 33.7 Å². The second kappa shape index (κ2) is 4.69. The van der Waals surface area contributed by atoms with Crippen LogP contribution in [-0.4, -0.2) is 55.4 Å². The molecule has 0 bridgehead atoms. The van der Waals surface area contributed by atoms with Gasteiger partial charge in [0.15, 0.2) is 0 Å². The lowest BCUT2D eigenvalue weighted by Crippen LogP contribution is -2.35. The molecule has 0 aromatic heterocycles. The number of hydrogen-bond acceptors (Lipinski definition) is 3. The summed E-state index contributed by atoms with van der Waals surface area (Å²) in [5.74, 6) is 0.789. The highest BCUT2D eigenvalue weighted by Gasteiger charge is 2.41. The number of rotatable bonds is 3. The third-order valence-electron chi connectivity index (χ3n) is 4.61. The van der Waals surface area contributed by atoms with Crippen LogP contribution in [0.5, 0.6) is 0 Å². The van der Waals surface area contributed by atoms with Crippen LogP contribution in [0.3, 0.4) is 0 Å². The minimum Gasteiger partial charge on any atom is -0.305 e. The molecule has 0 amide bonds. The number of nitrogens with zero attached hydrogens (tertiary/aromatic N) is 2. The van der Waals surface area contributed by atoms with Crippen molar-refractivity contribution in [1.29, 1.82) is 0 Å². The zero-order chi connectivity index (χ0) is 12.6. The highest BCUT2D eigenvalue weighted by Crippen LogP contribution is 2.38. The molecule has 2 atom stereocenters. The number of ketones is 1. The van der Waals surface area contributed by atoms with E-state index in [-0.39, 0.29) is 5.41 Å². The Balaban J connectivity index is 1.86. The molecule has 1 aliphatic carbocycles. The molecule has 2 rings (SSSR count). The van der Waals surface area contributed by atoms with Crippen molar-refractivity contribution >= 4 is 5.78 Å². The van der Waals surface area contributed by atoms with Gasteiger partial charge in [-0.05, 0) is 39.9 Å². The number of Topliss-reactive ketones (excluding diaryl/α,β-unsaturated/α-hetero) is 1. The van der Waals surface area contributed by atoms with E-state index in [0.717, 1.165) is 32.5 Å². The monoisotopic (exact) mass is 238 g/mol. The Hall–Kier alpha value is -0.410. The summed E-state index contributed by atoms with van der Waals surface area (Å²) in [6, 6.07) is 0.680. The average molecular weight is 238 g/mol. The molecule has 1 saturated carbocycles. The van der Waals surface area contributed by atoms with Gasteiger partial charge in [0.05, 0.1) is 0 Å². The van der Waals surface area contributed by atoms with E-state index in [2.05, 4.69) is 37.7 Å². The molecule has 98 valence electrons. The summed E-state index contributed by atoms with van der Waals surface area (Å²) in [5, 5.41) is 0.